The zero-order chi connectivity index (χ0) is 23.7. The third-order valence-electron chi connectivity index (χ3n) is 4.72. The van der Waals surface area contributed by atoms with E-state index in [4.69, 9.17) is 4.74 Å². The molecule has 1 aromatic carbocycles. The second-order valence-corrected chi connectivity index (χ2v) is 9.50. The molecule has 0 aromatic heterocycles. The highest BCUT2D eigenvalue weighted by molar-refractivity contribution is 7.58. The fourth-order valence-corrected chi connectivity index (χ4v) is 4.47. The summed E-state index contributed by atoms with van der Waals surface area (Å²) in [6.07, 6.45) is 5.62. The van der Waals surface area contributed by atoms with Crippen molar-refractivity contribution < 1.29 is 38.6 Å². The Hall–Kier alpha value is -3.01. The van der Waals surface area contributed by atoms with Gasteiger partial charge >= 0.3 is 12.1 Å². The molecule has 32 heavy (non-hydrogen) atoms. The second-order valence-electron chi connectivity index (χ2n) is 7.05. The summed E-state index contributed by atoms with van der Waals surface area (Å²) >= 11 is 0. The number of non-ortho nitro benzene ring substituents is 1. The topological polar surface area (TPSA) is 165 Å². The van der Waals surface area contributed by atoms with Crippen molar-refractivity contribution in [3.8, 4) is 0 Å². The number of rotatable bonds is 10. The molecular weight excluding hydrogens is 443 g/mol. The maximum Gasteiger partial charge on any atom is 0.408 e. The van der Waals surface area contributed by atoms with Crippen LogP contribution in [0.15, 0.2) is 48.1 Å². The van der Waals surface area contributed by atoms with Gasteiger partial charge in [0, 0.05) is 18.3 Å². The number of hydrogen-bond donors (Lipinski definition) is 3. The number of nitrogens with zero attached hydrogens (tertiary/aromatic N) is 1. The Morgan fingerprint density at radius 2 is 2.09 bits per heavy atom. The number of esters is 1. The van der Waals surface area contributed by atoms with Gasteiger partial charge in [0.15, 0.2) is 5.85 Å². The Kier molecular flexibility index (Phi) is 9.13. The molecule has 0 saturated heterocycles. The molecule has 11 nitrogen and oxygen atoms in total. The van der Waals surface area contributed by atoms with Crippen LogP contribution in [0.5, 0.6) is 0 Å². The number of nitro groups is 1. The minimum absolute atomic E-state index is 0.000218. The number of aliphatic hydroxyl groups is 1. The molecule has 0 spiro atoms. The van der Waals surface area contributed by atoms with Crippen LogP contribution in [0.3, 0.4) is 0 Å². The van der Waals surface area contributed by atoms with E-state index in [1.807, 2.05) is 18.2 Å². The molecule has 3 N–H and O–H groups in total. The van der Waals surface area contributed by atoms with Crippen LogP contribution in [0.2, 0.25) is 0 Å². The molecular formula is C20H25N2O9P. The number of alkyl carbamates (subject to hydrolysis) is 1. The van der Waals surface area contributed by atoms with E-state index in [9.17, 15) is 34.3 Å². The number of nitro benzene ring substituents is 1. The van der Waals surface area contributed by atoms with Gasteiger partial charge in [-0.1, -0.05) is 30.4 Å². The van der Waals surface area contributed by atoms with E-state index in [1.54, 1.807) is 0 Å². The van der Waals surface area contributed by atoms with Gasteiger partial charge in [-0.25, -0.2) is 9.59 Å². The molecule has 3 atom stereocenters. The van der Waals surface area contributed by atoms with E-state index in [0.29, 0.717) is 0 Å². The van der Waals surface area contributed by atoms with Gasteiger partial charge in [-0.3, -0.25) is 14.7 Å². The number of carbonyl (C=O) groups excluding carboxylic acids is 2. The van der Waals surface area contributed by atoms with Crippen LogP contribution in [0.25, 0.3) is 0 Å². The largest absolute Gasteiger partial charge is 0.467 e. The Morgan fingerprint density at radius 3 is 2.72 bits per heavy atom. The molecule has 1 aromatic rings. The summed E-state index contributed by atoms with van der Waals surface area (Å²) in [7, 11) is -3.23. The van der Waals surface area contributed by atoms with Gasteiger partial charge in [0.1, 0.15) is 12.6 Å². The summed E-state index contributed by atoms with van der Waals surface area (Å²) < 4.78 is 22.3. The van der Waals surface area contributed by atoms with Crippen molar-refractivity contribution in [1.82, 2.24) is 5.32 Å². The van der Waals surface area contributed by atoms with E-state index in [1.165, 1.54) is 18.2 Å². The highest BCUT2D eigenvalue weighted by Gasteiger charge is 2.34. The lowest BCUT2D eigenvalue weighted by atomic mass is 10.1. The van der Waals surface area contributed by atoms with Gasteiger partial charge in [0.05, 0.1) is 12.0 Å². The quantitative estimate of drug-likeness (QED) is 0.203. The standard InChI is InChI=1S/C20H25N2O9P/c1-30-18(23)17(21-20(25)31-13-14-6-3-2-4-7-14)10-11-32(28,29)19(24)15-8-5-9-16(12-15)22(26)27/h3,5-9,12,17,19,24H,2,4,10-11,13H2,1H3,(H,21,25)(H,28,29)/t17-,19?/m0/s1. The maximum absolute atomic E-state index is 12.7. The van der Waals surface area contributed by atoms with Crippen LogP contribution in [0, 0.1) is 10.1 Å². The first-order chi connectivity index (χ1) is 15.1. The predicted molar refractivity (Wildman–Crippen MR) is 114 cm³/mol. The molecule has 2 rings (SSSR count). The van der Waals surface area contributed by atoms with Crippen molar-refractivity contribution in [1.29, 1.82) is 0 Å². The van der Waals surface area contributed by atoms with Crippen molar-refractivity contribution in [2.75, 3.05) is 19.9 Å². The number of methoxy groups -OCH3 is 1. The molecule has 1 amide bonds. The fraction of sp³-hybridized carbons (Fsp3) is 0.400. The SMILES string of the molecule is COC(=O)[C@H](CCP(=O)(O)C(O)c1cccc([N+](=O)[O-])c1)NC(=O)OCC1=CCCC=C1. The first-order valence-electron chi connectivity index (χ1n) is 9.74. The van der Waals surface area contributed by atoms with Crippen LogP contribution < -0.4 is 5.32 Å². The summed E-state index contributed by atoms with van der Waals surface area (Å²) in [6, 6.07) is 3.45. The zero-order valence-corrected chi connectivity index (χ0v) is 18.3. The van der Waals surface area contributed by atoms with Gasteiger partial charge in [-0.2, -0.15) is 0 Å². The third kappa shape index (κ3) is 7.30. The van der Waals surface area contributed by atoms with Crippen LogP contribution in [0.1, 0.15) is 30.7 Å². The van der Waals surface area contributed by atoms with Crippen molar-refractivity contribution in [3.63, 3.8) is 0 Å². The van der Waals surface area contributed by atoms with E-state index in [2.05, 4.69) is 10.1 Å². The molecule has 1 aliphatic carbocycles. The highest BCUT2D eigenvalue weighted by atomic mass is 31.2. The van der Waals surface area contributed by atoms with E-state index < -0.39 is 42.4 Å². The number of ether oxygens (including phenoxy) is 2. The van der Waals surface area contributed by atoms with E-state index >= 15 is 0 Å². The second kappa shape index (κ2) is 11.6. The zero-order valence-electron chi connectivity index (χ0n) is 17.4. The van der Waals surface area contributed by atoms with Gasteiger partial charge in [-0.15, -0.1) is 0 Å². The number of aliphatic hydroxyl groups excluding tert-OH is 1. The summed E-state index contributed by atoms with van der Waals surface area (Å²) in [5, 5.41) is 23.5. The summed E-state index contributed by atoms with van der Waals surface area (Å²) in [5.41, 5.74) is 0.350. The van der Waals surface area contributed by atoms with Crippen molar-refractivity contribution >= 4 is 25.1 Å². The predicted octanol–water partition coefficient (Wildman–Crippen LogP) is 2.79. The molecule has 0 aliphatic heterocycles. The molecule has 0 heterocycles. The van der Waals surface area contributed by atoms with Crippen molar-refractivity contribution in [3.05, 3.63) is 63.7 Å². The first kappa shape index (κ1) is 25.3. The molecule has 2 unspecified atom stereocenters. The molecule has 0 bridgehead atoms. The van der Waals surface area contributed by atoms with E-state index in [-0.39, 0.29) is 24.3 Å². The summed E-state index contributed by atoms with van der Waals surface area (Å²) in [4.78, 5) is 44.6. The lowest BCUT2D eigenvalue weighted by Crippen LogP contribution is -2.42. The van der Waals surface area contributed by atoms with Gasteiger partial charge in [0.2, 0.25) is 7.37 Å². The number of allylic oxidation sites excluding steroid dienone is 2. The van der Waals surface area contributed by atoms with Gasteiger partial charge in [0.25, 0.3) is 5.69 Å². The van der Waals surface area contributed by atoms with Crippen LogP contribution in [-0.4, -0.2) is 52.9 Å². The molecule has 0 fully saturated rings. The molecule has 174 valence electrons. The minimum atomic E-state index is -4.33. The molecule has 0 radical (unpaired) electrons. The Bertz CT molecular complexity index is 960. The number of hydrogen-bond acceptors (Lipinski definition) is 8. The number of nitrogens with one attached hydrogen (secondary N) is 1. The summed E-state index contributed by atoms with van der Waals surface area (Å²) in [6.45, 7) is 0.000218. The Morgan fingerprint density at radius 1 is 1.34 bits per heavy atom. The Labute approximate surface area is 184 Å². The third-order valence-corrected chi connectivity index (χ3v) is 6.68. The van der Waals surface area contributed by atoms with Crippen molar-refractivity contribution in [2.24, 2.45) is 0 Å². The monoisotopic (exact) mass is 468 g/mol. The van der Waals surface area contributed by atoms with Crippen molar-refractivity contribution in [2.45, 2.75) is 31.1 Å². The van der Waals surface area contributed by atoms with Crippen LogP contribution in [-0.2, 0) is 18.8 Å². The smallest absolute Gasteiger partial charge is 0.408 e. The average molecular weight is 468 g/mol. The minimum Gasteiger partial charge on any atom is -0.467 e. The number of carbonyl (C=O) groups is 2. The molecule has 0 saturated carbocycles. The van der Waals surface area contributed by atoms with Gasteiger partial charge in [-0.05, 0) is 30.4 Å². The van der Waals surface area contributed by atoms with E-state index in [0.717, 1.165) is 31.6 Å². The Balaban J connectivity index is 1.99. The number of benzene rings is 1. The normalized spacial score (nSPS) is 16.8. The maximum atomic E-state index is 12.7. The highest BCUT2D eigenvalue weighted by Crippen LogP contribution is 2.54. The number of amides is 1. The lowest BCUT2D eigenvalue weighted by molar-refractivity contribution is -0.385. The summed E-state index contributed by atoms with van der Waals surface area (Å²) in [5.74, 6) is -2.76. The first-order valence-corrected chi connectivity index (χ1v) is 11.7. The lowest BCUT2D eigenvalue weighted by Gasteiger charge is -2.21. The van der Waals surface area contributed by atoms with Crippen LogP contribution in [0.4, 0.5) is 10.5 Å². The van der Waals surface area contributed by atoms with Crippen LogP contribution >= 0.6 is 7.37 Å². The van der Waals surface area contributed by atoms with Gasteiger partial charge < -0.3 is 24.8 Å². The average Bonchev–Trinajstić information content (AvgIpc) is 2.80. The molecule has 12 heteroatoms. The molecule has 1 aliphatic rings. The fourth-order valence-electron chi connectivity index (χ4n) is 2.97.